The number of hydrogen-bond acceptors (Lipinski definition) is 0. The van der Waals surface area contributed by atoms with Crippen molar-refractivity contribution >= 4 is 0 Å². The molecular weight excluding hydrogens is 180 g/mol. The van der Waals surface area contributed by atoms with Gasteiger partial charge in [0.2, 0.25) is 0 Å². The van der Waals surface area contributed by atoms with Crippen LogP contribution < -0.4 is 0 Å². The third kappa shape index (κ3) is 5.61. The molecule has 0 fully saturated rings. The van der Waals surface area contributed by atoms with E-state index in [-0.39, 0.29) is 0 Å². The molecule has 84 valence electrons. The van der Waals surface area contributed by atoms with E-state index < -0.39 is 0 Å². The number of benzene rings is 1. The van der Waals surface area contributed by atoms with E-state index in [2.05, 4.69) is 44.2 Å². The lowest BCUT2D eigenvalue weighted by molar-refractivity contribution is 0.487. The van der Waals surface area contributed by atoms with E-state index in [0.717, 1.165) is 5.92 Å². The lowest BCUT2D eigenvalue weighted by Gasteiger charge is -2.10. The molecule has 15 heavy (non-hydrogen) atoms. The van der Waals surface area contributed by atoms with Crippen molar-refractivity contribution in [2.75, 3.05) is 0 Å². The Morgan fingerprint density at radius 2 is 1.73 bits per heavy atom. The van der Waals surface area contributed by atoms with Crippen LogP contribution in [0.25, 0.3) is 0 Å². The second-order valence-corrected chi connectivity index (χ2v) is 4.64. The van der Waals surface area contributed by atoms with Gasteiger partial charge in [-0.2, -0.15) is 0 Å². The molecule has 0 amide bonds. The maximum absolute atomic E-state index is 2.37. The third-order valence-electron chi connectivity index (χ3n) is 2.98. The molecule has 0 heterocycles. The van der Waals surface area contributed by atoms with Crippen LogP contribution in [0.15, 0.2) is 30.3 Å². The lowest BCUT2D eigenvalue weighted by Crippen LogP contribution is -1.99. The minimum atomic E-state index is 0.837. The second kappa shape index (κ2) is 7.50. The summed E-state index contributed by atoms with van der Waals surface area (Å²) in [4.78, 5) is 0. The van der Waals surface area contributed by atoms with Gasteiger partial charge in [0, 0.05) is 0 Å². The van der Waals surface area contributed by atoms with E-state index in [4.69, 9.17) is 0 Å². The molecular formula is C15H24. The molecule has 0 saturated heterocycles. The summed E-state index contributed by atoms with van der Waals surface area (Å²) < 4.78 is 0. The predicted octanol–water partition coefficient (Wildman–Crippen LogP) is 4.84. The Morgan fingerprint density at radius 1 is 1.00 bits per heavy atom. The molecule has 1 unspecified atom stereocenters. The summed E-state index contributed by atoms with van der Waals surface area (Å²) in [6.07, 6.45) is 8.18. The van der Waals surface area contributed by atoms with Crippen molar-refractivity contribution in [2.45, 2.75) is 52.4 Å². The molecule has 1 rings (SSSR count). The molecule has 1 aromatic carbocycles. The van der Waals surface area contributed by atoms with Crippen LogP contribution in [0.1, 0.15) is 51.5 Å². The average molecular weight is 204 g/mol. The Bertz CT molecular complexity index is 237. The highest BCUT2D eigenvalue weighted by molar-refractivity contribution is 5.14. The van der Waals surface area contributed by atoms with E-state index in [0.29, 0.717) is 0 Å². The highest BCUT2D eigenvalue weighted by Crippen LogP contribution is 2.15. The van der Waals surface area contributed by atoms with E-state index in [1.165, 1.54) is 44.1 Å². The summed E-state index contributed by atoms with van der Waals surface area (Å²) in [7, 11) is 0. The first kappa shape index (κ1) is 12.3. The molecule has 0 nitrogen and oxygen atoms in total. The second-order valence-electron chi connectivity index (χ2n) is 4.64. The van der Waals surface area contributed by atoms with Crippen molar-refractivity contribution < 1.29 is 0 Å². The topological polar surface area (TPSA) is 0 Å². The van der Waals surface area contributed by atoms with Crippen LogP contribution in [0.5, 0.6) is 0 Å². The van der Waals surface area contributed by atoms with Gasteiger partial charge in [0.05, 0.1) is 0 Å². The van der Waals surface area contributed by atoms with Gasteiger partial charge in [0.15, 0.2) is 0 Å². The Morgan fingerprint density at radius 3 is 2.40 bits per heavy atom. The molecule has 0 aromatic heterocycles. The van der Waals surface area contributed by atoms with Gasteiger partial charge in [-0.15, -0.1) is 0 Å². The molecule has 0 heteroatoms. The predicted molar refractivity (Wildman–Crippen MR) is 68.1 cm³/mol. The summed E-state index contributed by atoms with van der Waals surface area (Å²) in [5.74, 6) is 0.837. The monoisotopic (exact) mass is 204 g/mol. The quantitative estimate of drug-likeness (QED) is 0.558. The van der Waals surface area contributed by atoms with Crippen molar-refractivity contribution in [1.29, 1.82) is 0 Å². The standard InChI is InChI=1S/C15H24/c1-3-4-5-7-10-14(2)13-15-11-8-6-9-12-15/h6,8-9,11-12,14H,3-5,7,10,13H2,1-2H3. The highest BCUT2D eigenvalue weighted by atomic mass is 14.1. The Kier molecular flexibility index (Phi) is 6.15. The average Bonchev–Trinajstić information content (AvgIpc) is 2.26. The third-order valence-corrected chi connectivity index (χ3v) is 2.98. The highest BCUT2D eigenvalue weighted by Gasteiger charge is 2.02. The van der Waals surface area contributed by atoms with Crippen LogP contribution in [0, 0.1) is 5.92 Å². The zero-order chi connectivity index (χ0) is 10.9. The van der Waals surface area contributed by atoms with Crippen molar-refractivity contribution in [3.05, 3.63) is 35.9 Å². The zero-order valence-electron chi connectivity index (χ0n) is 10.2. The maximum Gasteiger partial charge on any atom is -0.0253 e. The molecule has 0 aliphatic carbocycles. The van der Waals surface area contributed by atoms with Gasteiger partial charge in [0.1, 0.15) is 0 Å². The van der Waals surface area contributed by atoms with Gasteiger partial charge < -0.3 is 0 Å². The van der Waals surface area contributed by atoms with Crippen LogP contribution in [-0.2, 0) is 6.42 Å². The van der Waals surface area contributed by atoms with Crippen molar-refractivity contribution in [1.82, 2.24) is 0 Å². The Balaban J connectivity index is 2.16. The number of hydrogen-bond donors (Lipinski definition) is 0. The van der Waals surface area contributed by atoms with Crippen molar-refractivity contribution in [2.24, 2.45) is 5.92 Å². The summed E-state index contributed by atoms with van der Waals surface area (Å²) in [6, 6.07) is 10.8. The molecule has 0 aliphatic rings. The summed E-state index contributed by atoms with van der Waals surface area (Å²) in [6.45, 7) is 4.65. The Labute approximate surface area is 94.7 Å². The van der Waals surface area contributed by atoms with Gasteiger partial charge >= 0.3 is 0 Å². The van der Waals surface area contributed by atoms with E-state index >= 15 is 0 Å². The summed E-state index contributed by atoms with van der Waals surface area (Å²) >= 11 is 0. The van der Waals surface area contributed by atoms with Crippen molar-refractivity contribution in [3.63, 3.8) is 0 Å². The van der Waals surface area contributed by atoms with Crippen LogP contribution in [-0.4, -0.2) is 0 Å². The molecule has 1 atom stereocenters. The number of rotatable bonds is 7. The van der Waals surface area contributed by atoms with Gasteiger partial charge in [-0.05, 0) is 17.9 Å². The fraction of sp³-hybridized carbons (Fsp3) is 0.600. The smallest absolute Gasteiger partial charge is 0.0253 e. The maximum atomic E-state index is 2.37. The van der Waals surface area contributed by atoms with E-state index in [1.807, 2.05) is 0 Å². The van der Waals surface area contributed by atoms with E-state index in [9.17, 15) is 0 Å². The zero-order valence-corrected chi connectivity index (χ0v) is 10.2. The SMILES string of the molecule is CCCCCCC(C)Cc1ccccc1. The van der Waals surface area contributed by atoms with Crippen LogP contribution in [0.3, 0.4) is 0 Å². The first-order chi connectivity index (χ1) is 7.33. The minimum absolute atomic E-state index is 0.837. The van der Waals surface area contributed by atoms with Crippen LogP contribution in [0.4, 0.5) is 0 Å². The normalized spacial score (nSPS) is 12.7. The Hall–Kier alpha value is -0.780. The largest absolute Gasteiger partial charge is 0.0654 e. The molecule has 0 N–H and O–H groups in total. The van der Waals surface area contributed by atoms with Gasteiger partial charge in [-0.3, -0.25) is 0 Å². The van der Waals surface area contributed by atoms with E-state index in [1.54, 1.807) is 0 Å². The van der Waals surface area contributed by atoms with Crippen molar-refractivity contribution in [3.8, 4) is 0 Å². The minimum Gasteiger partial charge on any atom is -0.0654 e. The first-order valence-electron chi connectivity index (χ1n) is 6.37. The summed E-state index contributed by atoms with van der Waals surface area (Å²) in [5, 5.41) is 0. The molecule has 0 bridgehead atoms. The fourth-order valence-corrected chi connectivity index (χ4v) is 2.04. The molecule has 0 radical (unpaired) electrons. The first-order valence-corrected chi connectivity index (χ1v) is 6.37. The van der Waals surface area contributed by atoms with Gasteiger partial charge in [-0.1, -0.05) is 76.3 Å². The molecule has 0 aliphatic heterocycles. The van der Waals surface area contributed by atoms with Gasteiger partial charge in [0.25, 0.3) is 0 Å². The number of unbranched alkanes of at least 4 members (excludes halogenated alkanes) is 3. The summed E-state index contributed by atoms with van der Waals surface area (Å²) in [5.41, 5.74) is 1.49. The molecule has 1 aromatic rings. The molecule has 0 saturated carbocycles. The lowest BCUT2D eigenvalue weighted by atomic mass is 9.95. The van der Waals surface area contributed by atoms with Crippen LogP contribution >= 0.6 is 0 Å². The molecule has 0 spiro atoms. The van der Waals surface area contributed by atoms with Crippen LogP contribution in [0.2, 0.25) is 0 Å². The fourth-order valence-electron chi connectivity index (χ4n) is 2.04. The van der Waals surface area contributed by atoms with Gasteiger partial charge in [-0.25, -0.2) is 0 Å².